The number of amides is 1. The Morgan fingerprint density at radius 1 is 1.47 bits per heavy atom. The van der Waals surface area contributed by atoms with E-state index in [0.29, 0.717) is 6.61 Å². The fourth-order valence-corrected chi connectivity index (χ4v) is 2.43. The zero-order valence-corrected chi connectivity index (χ0v) is 8.64. The molecule has 2 aliphatic heterocycles. The highest BCUT2D eigenvalue weighted by Crippen LogP contribution is 2.40. The Balaban J connectivity index is 2.07. The van der Waals surface area contributed by atoms with E-state index >= 15 is 0 Å². The maximum absolute atomic E-state index is 12.1. The number of hydrogen-bond acceptors (Lipinski definition) is 2. The molecule has 1 amide bonds. The zero-order valence-electron chi connectivity index (χ0n) is 8.64. The molecule has 3 nitrogen and oxygen atoms in total. The van der Waals surface area contributed by atoms with Gasteiger partial charge in [0, 0.05) is 11.1 Å². The molecule has 1 aromatic carbocycles. The topological polar surface area (TPSA) is 29.5 Å². The summed E-state index contributed by atoms with van der Waals surface area (Å²) in [5.74, 6) is 0.125. The minimum atomic E-state index is -0.126. The highest BCUT2D eigenvalue weighted by Gasteiger charge is 2.45. The average Bonchev–Trinajstić information content (AvgIpc) is 2.81. The second-order valence-corrected chi connectivity index (χ2v) is 4.05. The first kappa shape index (κ1) is 8.92. The van der Waals surface area contributed by atoms with Crippen molar-refractivity contribution >= 4 is 5.91 Å². The fourth-order valence-electron chi connectivity index (χ4n) is 2.43. The monoisotopic (exact) mass is 203 g/mol. The van der Waals surface area contributed by atoms with Crippen molar-refractivity contribution in [3.05, 3.63) is 35.4 Å². The van der Waals surface area contributed by atoms with Crippen LogP contribution in [-0.2, 0) is 4.74 Å². The smallest absolute Gasteiger partial charge is 0.256 e. The van der Waals surface area contributed by atoms with Crippen molar-refractivity contribution in [2.75, 3.05) is 6.61 Å². The largest absolute Gasteiger partial charge is 0.352 e. The van der Waals surface area contributed by atoms with Crippen LogP contribution in [0.25, 0.3) is 0 Å². The molecule has 1 fully saturated rings. The molecule has 0 aliphatic carbocycles. The predicted octanol–water partition coefficient (Wildman–Crippen LogP) is 1.95. The summed E-state index contributed by atoms with van der Waals surface area (Å²) in [6.07, 6.45) is 0.828. The quantitative estimate of drug-likeness (QED) is 0.698. The normalized spacial score (nSPS) is 28.1. The van der Waals surface area contributed by atoms with Crippen LogP contribution in [0.4, 0.5) is 0 Å². The summed E-state index contributed by atoms with van der Waals surface area (Å²) in [4.78, 5) is 14.0. The van der Waals surface area contributed by atoms with Gasteiger partial charge in [-0.1, -0.05) is 25.1 Å². The third kappa shape index (κ3) is 1.07. The van der Waals surface area contributed by atoms with E-state index in [1.54, 1.807) is 0 Å². The number of rotatable bonds is 1. The van der Waals surface area contributed by atoms with Crippen molar-refractivity contribution in [1.29, 1.82) is 0 Å². The third-order valence-electron chi connectivity index (χ3n) is 3.26. The summed E-state index contributed by atoms with van der Waals surface area (Å²) in [6, 6.07) is 7.97. The first-order valence-electron chi connectivity index (χ1n) is 5.36. The number of benzene rings is 1. The van der Waals surface area contributed by atoms with Crippen LogP contribution in [0.15, 0.2) is 24.3 Å². The first-order valence-corrected chi connectivity index (χ1v) is 5.36. The highest BCUT2D eigenvalue weighted by atomic mass is 16.5. The lowest BCUT2D eigenvalue weighted by Crippen LogP contribution is -2.32. The lowest BCUT2D eigenvalue weighted by atomic mass is 10.1. The van der Waals surface area contributed by atoms with Crippen LogP contribution >= 0.6 is 0 Å². The Bertz CT molecular complexity index is 416. The van der Waals surface area contributed by atoms with Crippen molar-refractivity contribution < 1.29 is 9.53 Å². The Labute approximate surface area is 88.6 Å². The van der Waals surface area contributed by atoms with E-state index in [-0.39, 0.29) is 18.2 Å². The predicted molar refractivity (Wildman–Crippen MR) is 55.4 cm³/mol. The van der Waals surface area contributed by atoms with E-state index in [4.69, 9.17) is 4.74 Å². The molecule has 0 N–H and O–H groups in total. The Morgan fingerprint density at radius 2 is 2.27 bits per heavy atom. The van der Waals surface area contributed by atoms with Crippen molar-refractivity contribution in [2.24, 2.45) is 0 Å². The molecule has 0 unspecified atom stereocenters. The molecule has 0 spiro atoms. The Morgan fingerprint density at radius 3 is 3.07 bits per heavy atom. The van der Waals surface area contributed by atoms with Gasteiger partial charge in [-0.3, -0.25) is 4.79 Å². The summed E-state index contributed by atoms with van der Waals surface area (Å²) in [6.45, 7) is 2.76. The molecule has 3 rings (SSSR count). The molecule has 78 valence electrons. The van der Waals surface area contributed by atoms with Gasteiger partial charge in [0.1, 0.15) is 0 Å². The summed E-state index contributed by atoms with van der Waals surface area (Å²) in [7, 11) is 0. The summed E-state index contributed by atoms with van der Waals surface area (Å²) >= 11 is 0. The molecule has 2 aliphatic rings. The molecule has 3 heteroatoms. The average molecular weight is 203 g/mol. The van der Waals surface area contributed by atoms with E-state index in [1.165, 1.54) is 0 Å². The molecule has 2 atom stereocenters. The molecule has 15 heavy (non-hydrogen) atoms. The van der Waals surface area contributed by atoms with Crippen molar-refractivity contribution in [2.45, 2.75) is 25.6 Å². The van der Waals surface area contributed by atoms with Crippen molar-refractivity contribution in [3.63, 3.8) is 0 Å². The highest BCUT2D eigenvalue weighted by molar-refractivity contribution is 5.99. The van der Waals surface area contributed by atoms with Crippen LogP contribution < -0.4 is 0 Å². The van der Waals surface area contributed by atoms with Gasteiger partial charge >= 0.3 is 0 Å². The molecule has 1 aromatic rings. The number of nitrogens with zero attached hydrogens (tertiary/aromatic N) is 1. The first-order chi connectivity index (χ1) is 7.33. The van der Waals surface area contributed by atoms with Gasteiger partial charge < -0.3 is 9.64 Å². The van der Waals surface area contributed by atoms with Gasteiger partial charge in [-0.25, -0.2) is 0 Å². The van der Waals surface area contributed by atoms with Crippen LogP contribution in [0.1, 0.15) is 35.5 Å². The lowest BCUT2D eigenvalue weighted by Gasteiger charge is -2.20. The van der Waals surface area contributed by atoms with Gasteiger partial charge in [-0.15, -0.1) is 0 Å². The van der Waals surface area contributed by atoms with Crippen molar-refractivity contribution in [1.82, 2.24) is 4.90 Å². The summed E-state index contributed by atoms with van der Waals surface area (Å²) in [5, 5.41) is 0. The van der Waals surface area contributed by atoms with Crippen LogP contribution in [0.5, 0.6) is 0 Å². The van der Waals surface area contributed by atoms with Gasteiger partial charge in [0.05, 0.1) is 12.6 Å². The minimum Gasteiger partial charge on any atom is -0.352 e. The Kier molecular flexibility index (Phi) is 1.83. The molecular formula is C12H13NO2. The maximum atomic E-state index is 12.1. The summed E-state index contributed by atoms with van der Waals surface area (Å²) in [5.41, 5.74) is 1.83. The van der Waals surface area contributed by atoms with Gasteiger partial charge in [0.25, 0.3) is 5.91 Å². The second kappa shape index (κ2) is 3.07. The van der Waals surface area contributed by atoms with Gasteiger partial charge in [0.2, 0.25) is 0 Å². The van der Waals surface area contributed by atoms with Crippen molar-refractivity contribution in [3.8, 4) is 0 Å². The van der Waals surface area contributed by atoms with Gasteiger partial charge in [0.15, 0.2) is 6.23 Å². The standard InChI is InChI=1S/C12H13NO2/c1-2-8-7-15-12-10-6-4-3-5-9(10)11(14)13(8)12/h3-6,8,12H,2,7H2,1H3/t8-,12+/m1/s1. The SMILES string of the molecule is CC[C@@H]1CO[C@H]2c3ccccc3C(=O)N12. The number of hydrogen-bond donors (Lipinski definition) is 0. The summed E-state index contributed by atoms with van der Waals surface area (Å²) < 4.78 is 5.68. The van der Waals surface area contributed by atoms with E-state index in [1.807, 2.05) is 29.2 Å². The lowest BCUT2D eigenvalue weighted by molar-refractivity contribution is 0.0352. The van der Waals surface area contributed by atoms with E-state index < -0.39 is 0 Å². The van der Waals surface area contributed by atoms with Gasteiger partial charge in [-0.05, 0) is 12.5 Å². The van der Waals surface area contributed by atoms with Crippen LogP contribution in [0.3, 0.4) is 0 Å². The number of carbonyl (C=O) groups excluding carboxylic acids is 1. The Hall–Kier alpha value is -1.35. The molecule has 1 saturated heterocycles. The molecular weight excluding hydrogens is 190 g/mol. The van der Waals surface area contributed by atoms with E-state index in [2.05, 4.69) is 6.92 Å². The molecule has 0 aromatic heterocycles. The minimum absolute atomic E-state index is 0.125. The molecule has 2 heterocycles. The van der Waals surface area contributed by atoms with Crippen LogP contribution in [0.2, 0.25) is 0 Å². The zero-order chi connectivity index (χ0) is 10.4. The van der Waals surface area contributed by atoms with E-state index in [9.17, 15) is 4.79 Å². The molecule has 0 saturated carbocycles. The third-order valence-corrected chi connectivity index (χ3v) is 3.26. The number of carbonyl (C=O) groups is 1. The van der Waals surface area contributed by atoms with Gasteiger partial charge in [-0.2, -0.15) is 0 Å². The fraction of sp³-hybridized carbons (Fsp3) is 0.417. The second-order valence-electron chi connectivity index (χ2n) is 4.05. The van der Waals surface area contributed by atoms with E-state index in [0.717, 1.165) is 17.5 Å². The van der Waals surface area contributed by atoms with Crippen LogP contribution in [-0.4, -0.2) is 23.5 Å². The molecule has 0 bridgehead atoms. The molecule has 0 radical (unpaired) electrons. The van der Waals surface area contributed by atoms with Crippen LogP contribution in [0, 0.1) is 0 Å². The number of fused-ring (bicyclic) bond motifs is 3. The number of ether oxygens (including phenoxy) is 1. The maximum Gasteiger partial charge on any atom is 0.256 e.